The van der Waals surface area contributed by atoms with Crippen LogP contribution in [0, 0.1) is 5.92 Å². The van der Waals surface area contributed by atoms with Crippen LogP contribution in [-0.2, 0) is 4.79 Å². The van der Waals surface area contributed by atoms with Crippen LogP contribution >= 0.6 is 11.3 Å². The maximum Gasteiger partial charge on any atom is 0.244 e. The summed E-state index contributed by atoms with van der Waals surface area (Å²) in [7, 11) is 2.19. The molecule has 2 aromatic heterocycles. The Bertz CT molecular complexity index is 611. The molecule has 0 bridgehead atoms. The molecule has 1 N–H and O–H groups in total. The summed E-state index contributed by atoms with van der Waals surface area (Å²) in [6.07, 6.45) is 5.87. The van der Waals surface area contributed by atoms with E-state index in [9.17, 15) is 4.79 Å². The molecule has 0 spiro atoms. The van der Waals surface area contributed by atoms with Crippen LogP contribution < -0.4 is 5.32 Å². The van der Waals surface area contributed by atoms with Gasteiger partial charge in [-0.15, -0.1) is 11.3 Å². The van der Waals surface area contributed by atoms with Crippen LogP contribution in [-0.4, -0.2) is 40.7 Å². The number of aromatic nitrogens is 2. The van der Waals surface area contributed by atoms with Gasteiger partial charge in [0, 0.05) is 29.9 Å². The summed E-state index contributed by atoms with van der Waals surface area (Å²) in [6, 6.07) is 6.29. The Hall–Kier alpha value is -1.66. The zero-order valence-electron chi connectivity index (χ0n) is 13.7. The molecule has 124 valence electrons. The molecule has 0 saturated carbocycles. The monoisotopic (exact) mass is 332 g/mol. The van der Waals surface area contributed by atoms with Crippen molar-refractivity contribution in [3.8, 4) is 0 Å². The van der Waals surface area contributed by atoms with Gasteiger partial charge in [-0.3, -0.25) is 14.4 Å². The summed E-state index contributed by atoms with van der Waals surface area (Å²) < 4.78 is 1.69. The van der Waals surface area contributed by atoms with Crippen molar-refractivity contribution >= 4 is 17.2 Å². The van der Waals surface area contributed by atoms with Crippen molar-refractivity contribution in [1.82, 2.24) is 20.0 Å². The van der Waals surface area contributed by atoms with Crippen LogP contribution in [0.5, 0.6) is 0 Å². The number of carbonyl (C=O) groups excluding carboxylic acids is 1. The summed E-state index contributed by atoms with van der Waals surface area (Å²) in [5.41, 5.74) is 0. The molecular weight excluding hydrogens is 308 g/mol. The van der Waals surface area contributed by atoms with Crippen LogP contribution in [0.2, 0.25) is 0 Å². The fourth-order valence-corrected chi connectivity index (χ4v) is 4.37. The number of rotatable bonds is 5. The van der Waals surface area contributed by atoms with Crippen molar-refractivity contribution in [1.29, 1.82) is 0 Å². The summed E-state index contributed by atoms with van der Waals surface area (Å²) >= 11 is 1.81. The number of hydrogen-bond donors (Lipinski definition) is 1. The standard InChI is InChI=1S/C17H24N4OS/c1-13(21-10-5-8-19-21)17(22)18-12-14-6-3-9-20(2)16(14)15-7-4-11-23-15/h4-5,7-8,10-11,13-14,16H,3,6,9,12H2,1-2H3,(H,18,22)/t13-,14-,16+/m1/s1. The van der Waals surface area contributed by atoms with Gasteiger partial charge in [-0.25, -0.2) is 0 Å². The first kappa shape index (κ1) is 16.2. The molecule has 5 nitrogen and oxygen atoms in total. The van der Waals surface area contributed by atoms with Gasteiger partial charge in [0.1, 0.15) is 6.04 Å². The van der Waals surface area contributed by atoms with Crippen LogP contribution in [0.15, 0.2) is 36.0 Å². The van der Waals surface area contributed by atoms with Crippen LogP contribution in [0.25, 0.3) is 0 Å². The van der Waals surface area contributed by atoms with E-state index in [1.54, 1.807) is 10.9 Å². The van der Waals surface area contributed by atoms with Gasteiger partial charge in [-0.1, -0.05) is 6.07 Å². The topological polar surface area (TPSA) is 50.2 Å². The Morgan fingerprint density at radius 1 is 1.52 bits per heavy atom. The van der Waals surface area contributed by atoms with E-state index < -0.39 is 0 Å². The fraction of sp³-hybridized carbons (Fsp3) is 0.529. The first-order valence-electron chi connectivity index (χ1n) is 8.17. The minimum atomic E-state index is -0.272. The second kappa shape index (κ2) is 7.27. The van der Waals surface area contributed by atoms with Gasteiger partial charge >= 0.3 is 0 Å². The summed E-state index contributed by atoms with van der Waals surface area (Å²) in [4.78, 5) is 16.2. The zero-order chi connectivity index (χ0) is 16.2. The Kier molecular flexibility index (Phi) is 5.13. The van der Waals surface area contributed by atoms with Crippen molar-refractivity contribution in [2.75, 3.05) is 20.1 Å². The lowest BCUT2D eigenvalue weighted by Gasteiger charge is -2.39. The third-order valence-corrected chi connectivity index (χ3v) is 5.62. The van der Waals surface area contributed by atoms with Gasteiger partial charge < -0.3 is 5.32 Å². The van der Waals surface area contributed by atoms with Gasteiger partial charge in [-0.05, 0) is 56.8 Å². The minimum absolute atomic E-state index is 0.0341. The highest BCUT2D eigenvalue weighted by molar-refractivity contribution is 7.10. The van der Waals surface area contributed by atoms with Gasteiger partial charge in [0.25, 0.3) is 0 Å². The second-order valence-corrected chi connectivity index (χ2v) is 7.23. The van der Waals surface area contributed by atoms with Crippen LogP contribution in [0.4, 0.5) is 0 Å². The third-order valence-electron chi connectivity index (χ3n) is 4.68. The Balaban J connectivity index is 1.62. The van der Waals surface area contributed by atoms with E-state index in [0.29, 0.717) is 12.0 Å². The lowest BCUT2D eigenvalue weighted by Crippen LogP contribution is -2.42. The molecule has 1 aliphatic rings. The SMILES string of the molecule is C[C@H](C(=O)NC[C@H]1CCCN(C)[C@@H]1c1cccs1)n1cccn1. The highest BCUT2D eigenvalue weighted by atomic mass is 32.1. The van der Waals surface area contributed by atoms with Crippen molar-refractivity contribution in [2.45, 2.75) is 31.8 Å². The summed E-state index contributed by atoms with van der Waals surface area (Å²) in [5.74, 6) is 0.494. The zero-order valence-corrected chi connectivity index (χ0v) is 14.5. The number of nitrogens with zero attached hydrogens (tertiary/aromatic N) is 3. The van der Waals surface area contributed by atoms with E-state index in [2.05, 4.69) is 39.9 Å². The van der Waals surface area contributed by atoms with Crippen molar-refractivity contribution in [3.05, 3.63) is 40.8 Å². The number of nitrogens with one attached hydrogen (secondary N) is 1. The lowest BCUT2D eigenvalue weighted by molar-refractivity contribution is -0.124. The molecule has 3 heterocycles. The predicted molar refractivity (Wildman–Crippen MR) is 92.4 cm³/mol. The van der Waals surface area contributed by atoms with E-state index >= 15 is 0 Å². The van der Waals surface area contributed by atoms with E-state index in [1.807, 2.05) is 30.5 Å². The highest BCUT2D eigenvalue weighted by Crippen LogP contribution is 2.36. The first-order valence-corrected chi connectivity index (χ1v) is 9.05. The van der Waals surface area contributed by atoms with E-state index in [0.717, 1.165) is 19.5 Å². The molecule has 0 unspecified atom stereocenters. The van der Waals surface area contributed by atoms with Gasteiger partial charge in [0.2, 0.25) is 5.91 Å². The van der Waals surface area contributed by atoms with Crippen LogP contribution in [0.3, 0.4) is 0 Å². The highest BCUT2D eigenvalue weighted by Gasteiger charge is 2.31. The molecular formula is C17H24N4OS. The largest absolute Gasteiger partial charge is 0.354 e. The Morgan fingerprint density at radius 3 is 3.09 bits per heavy atom. The third kappa shape index (κ3) is 3.64. The molecule has 3 rings (SSSR count). The lowest BCUT2D eigenvalue weighted by atomic mass is 9.88. The molecule has 2 aromatic rings. The normalized spacial score (nSPS) is 23.6. The molecule has 23 heavy (non-hydrogen) atoms. The molecule has 1 amide bonds. The summed E-state index contributed by atoms with van der Waals surface area (Å²) in [6.45, 7) is 3.72. The average Bonchev–Trinajstić information content (AvgIpc) is 3.25. The number of likely N-dealkylation sites (tertiary alicyclic amines) is 1. The molecule has 6 heteroatoms. The molecule has 3 atom stereocenters. The molecule has 1 fully saturated rings. The maximum absolute atomic E-state index is 12.4. The fourth-order valence-electron chi connectivity index (χ4n) is 3.39. The van der Waals surface area contributed by atoms with E-state index in [1.165, 1.54) is 11.3 Å². The number of carbonyl (C=O) groups is 1. The predicted octanol–water partition coefficient (Wildman–Crippen LogP) is 2.70. The number of thiophene rings is 1. The number of hydrogen-bond acceptors (Lipinski definition) is 4. The Morgan fingerprint density at radius 2 is 2.39 bits per heavy atom. The quantitative estimate of drug-likeness (QED) is 0.916. The Labute approximate surface area is 141 Å². The van der Waals surface area contributed by atoms with E-state index in [4.69, 9.17) is 0 Å². The molecule has 0 aromatic carbocycles. The van der Waals surface area contributed by atoms with Gasteiger partial charge in [-0.2, -0.15) is 5.10 Å². The van der Waals surface area contributed by atoms with Crippen molar-refractivity contribution in [2.24, 2.45) is 5.92 Å². The van der Waals surface area contributed by atoms with Gasteiger partial charge in [0.15, 0.2) is 0 Å². The maximum atomic E-state index is 12.4. The molecule has 1 saturated heterocycles. The van der Waals surface area contributed by atoms with E-state index in [-0.39, 0.29) is 11.9 Å². The first-order chi connectivity index (χ1) is 11.2. The molecule has 1 aliphatic heterocycles. The smallest absolute Gasteiger partial charge is 0.244 e. The second-order valence-electron chi connectivity index (χ2n) is 6.25. The summed E-state index contributed by atoms with van der Waals surface area (Å²) in [5, 5.41) is 9.41. The molecule has 0 radical (unpaired) electrons. The van der Waals surface area contributed by atoms with Gasteiger partial charge in [0.05, 0.1) is 0 Å². The number of piperidine rings is 1. The van der Waals surface area contributed by atoms with Crippen LogP contribution in [0.1, 0.15) is 36.7 Å². The molecule has 0 aliphatic carbocycles. The van der Waals surface area contributed by atoms with Crippen molar-refractivity contribution < 1.29 is 4.79 Å². The average molecular weight is 332 g/mol. The van der Waals surface area contributed by atoms with Crippen molar-refractivity contribution in [3.63, 3.8) is 0 Å². The minimum Gasteiger partial charge on any atom is -0.354 e. The number of amides is 1.